The van der Waals surface area contributed by atoms with Crippen LogP contribution in [0.1, 0.15) is 11.3 Å². The van der Waals surface area contributed by atoms with E-state index in [2.05, 4.69) is 4.98 Å². The summed E-state index contributed by atoms with van der Waals surface area (Å²) < 4.78 is 31.5. The molecule has 1 fully saturated rings. The Kier molecular flexibility index (Phi) is 9.41. The number of pyridine rings is 1. The lowest BCUT2D eigenvalue weighted by atomic mass is 10.1. The third kappa shape index (κ3) is 7.65. The van der Waals surface area contributed by atoms with Gasteiger partial charge >= 0.3 is 0 Å². The lowest BCUT2D eigenvalue weighted by Crippen LogP contribution is -2.47. The third-order valence-electron chi connectivity index (χ3n) is 4.68. The van der Waals surface area contributed by atoms with Crippen LogP contribution in [0.2, 0.25) is 0 Å². The monoisotopic (exact) mass is 449 g/mol. The zero-order valence-electron chi connectivity index (χ0n) is 17.4. The molecule has 1 aliphatic heterocycles. The highest BCUT2D eigenvalue weighted by molar-refractivity contribution is 7.92. The van der Waals surface area contributed by atoms with Gasteiger partial charge in [0, 0.05) is 25.0 Å². The van der Waals surface area contributed by atoms with Crippen molar-refractivity contribution in [3.8, 4) is 0 Å². The van der Waals surface area contributed by atoms with Gasteiger partial charge in [-0.1, -0.05) is 24.3 Å². The number of aromatic nitrogens is 1. The van der Waals surface area contributed by atoms with E-state index in [1.54, 1.807) is 23.2 Å². The summed E-state index contributed by atoms with van der Waals surface area (Å²) in [5, 5.41) is 6.89. The molecule has 3 rings (SSSR count). The number of sulfonamides is 1. The Morgan fingerprint density at radius 3 is 2.42 bits per heavy atom. The van der Waals surface area contributed by atoms with Crippen molar-refractivity contribution >= 4 is 28.1 Å². The number of para-hydroxylation sites is 1. The number of ether oxygens (including phenoxy) is 1. The van der Waals surface area contributed by atoms with Crippen molar-refractivity contribution in [2.45, 2.75) is 12.8 Å². The van der Waals surface area contributed by atoms with Crippen molar-refractivity contribution < 1.29 is 27.9 Å². The van der Waals surface area contributed by atoms with E-state index >= 15 is 0 Å². The van der Waals surface area contributed by atoms with Crippen molar-refractivity contribution in [3.63, 3.8) is 0 Å². The van der Waals surface area contributed by atoms with Gasteiger partial charge in [-0.3, -0.25) is 18.9 Å². The zero-order valence-corrected chi connectivity index (χ0v) is 18.2. The van der Waals surface area contributed by atoms with Gasteiger partial charge in [0.2, 0.25) is 15.9 Å². The van der Waals surface area contributed by atoms with Crippen LogP contribution >= 0.6 is 0 Å². The summed E-state index contributed by atoms with van der Waals surface area (Å²) in [4.78, 5) is 27.0. The summed E-state index contributed by atoms with van der Waals surface area (Å²) >= 11 is 0. The Morgan fingerprint density at radius 1 is 1.16 bits per heavy atom. The van der Waals surface area contributed by atoms with E-state index in [9.17, 15) is 13.2 Å². The van der Waals surface area contributed by atoms with Crippen LogP contribution in [0.3, 0.4) is 0 Å². The molecule has 31 heavy (non-hydrogen) atoms. The van der Waals surface area contributed by atoms with Crippen LogP contribution in [0.25, 0.3) is 0 Å². The van der Waals surface area contributed by atoms with Crippen LogP contribution in [0, 0.1) is 0 Å². The Hall–Kier alpha value is -2.98. The second-order valence-corrected chi connectivity index (χ2v) is 8.72. The van der Waals surface area contributed by atoms with Gasteiger partial charge in [-0.25, -0.2) is 8.42 Å². The number of carboxylic acid groups (broad SMARTS) is 1. The summed E-state index contributed by atoms with van der Waals surface area (Å²) in [5.41, 5.74) is 2.35. The van der Waals surface area contributed by atoms with E-state index in [0.717, 1.165) is 17.5 Å². The maximum Gasteiger partial charge on any atom is 0.290 e. The topological polar surface area (TPSA) is 117 Å². The molecule has 0 bridgehead atoms. The average Bonchev–Trinajstić information content (AvgIpc) is 2.77. The van der Waals surface area contributed by atoms with Crippen LogP contribution < -0.4 is 4.31 Å². The van der Waals surface area contributed by atoms with Gasteiger partial charge in [-0.15, -0.1) is 0 Å². The molecule has 2 aromatic rings. The van der Waals surface area contributed by atoms with Gasteiger partial charge in [0.15, 0.2) is 0 Å². The number of aryl methyl sites for hydroxylation is 2. The summed E-state index contributed by atoms with van der Waals surface area (Å²) in [5.74, 6) is -0.215. The fourth-order valence-corrected chi connectivity index (χ4v) is 4.07. The summed E-state index contributed by atoms with van der Waals surface area (Å²) in [6.45, 7) is 1.46. The molecular weight excluding hydrogens is 422 g/mol. The SMILES string of the molecule is CS(=O)(=O)N(CC(=O)N1CCOCC1)c1ccccc1CCc1ccccn1.O=CO. The molecule has 0 saturated carbocycles. The molecule has 0 unspecified atom stereocenters. The van der Waals surface area contributed by atoms with E-state index in [0.29, 0.717) is 44.8 Å². The molecule has 10 heteroatoms. The highest BCUT2D eigenvalue weighted by atomic mass is 32.2. The van der Waals surface area contributed by atoms with Gasteiger partial charge < -0.3 is 14.7 Å². The Bertz CT molecular complexity index is 947. The Morgan fingerprint density at radius 2 is 1.81 bits per heavy atom. The standard InChI is InChI=1S/C20H25N3O4S.CH2O2/c1-28(25,26)23(16-20(24)22-12-14-27-15-13-22)19-8-3-2-6-17(19)9-10-18-7-4-5-11-21-18;2-1-3/h2-8,11H,9-10,12-16H2,1H3;1H,(H,2,3). The van der Waals surface area contributed by atoms with Crippen LogP contribution in [0.5, 0.6) is 0 Å². The van der Waals surface area contributed by atoms with E-state index in [1.165, 1.54) is 4.31 Å². The maximum atomic E-state index is 12.7. The first kappa shape index (κ1) is 24.3. The normalized spacial score (nSPS) is 13.6. The molecule has 1 aliphatic rings. The number of carbonyl (C=O) groups is 2. The number of carbonyl (C=O) groups excluding carboxylic acids is 1. The number of morpholine rings is 1. The number of anilines is 1. The molecule has 1 saturated heterocycles. The third-order valence-corrected chi connectivity index (χ3v) is 5.81. The summed E-state index contributed by atoms with van der Waals surface area (Å²) in [6.07, 6.45) is 4.19. The quantitative estimate of drug-likeness (QED) is 0.631. The lowest BCUT2D eigenvalue weighted by molar-refractivity contribution is -0.133. The van der Waals surface area contributed by atoms with Crippen molar-refractivity contribution in [1.82, 2.24) is 9.88 Å². The average molecular weight is 450 g/mol. The lowest BCUT2D eigenvalue weighted by Gasteiger charge is -2.30. The minimum absolute atomic E-state index is 0.209. The molecular formula is C21H27N3O6S. The highest BCUT2D eigenvalue weighted by Gasteiger charge is 2.26. The molecule has 0 aliphatic carbocycles. The first-order valence-electron chi connectivity index (χ1n) is 9.75. The highest BCUT2D eigenvalue weighted by Crippen LogP contribution is 2.24. The second-order valence-electron chi connectivity index (χ2n) is 6.82. The fourth-order valence-electron chi connectivity index (χ4n) is 3.19. The van der Waals surface area contributed by atoms with E-state index in [1.807, 2.05) is 30.3 Å². The maximum absolute atomic E-state index is 12.7. The van der Waals surface area contributed by atoms with Crippen molar-refractivity contribution in [2.75, 3.05) is 43.4 Å². The number of amides is 1. The minimum atomic E-state index is -3.62. The molecule has 0 spiro atoms. The molecule has 1 aromatic heterocycles. The van der Waals surface area contributed by atoms with Crippen molar-refractivity contribution in [2.24, 2.45) is 0 Å². The smallest absolute Gasteiger partial charge is 0.290 e. The second kappa shape index (κ2) is 12.0. The van der Waals surface area contributed by atoms with Crippen molar-refractivity contribution in [3.05, 3.63) is 59.9 Å². The molecule has 1 amide bonds. The van der Waals surface area contributed by atoms with Gasteiger partial charge in [-0.2, -0.15) is 0 Å². The van der Waals surface area contributed by atoms with Crippen LogP contribution in [-0.4, -0.2) is 74.9 Å². The molecule has 168 valence electrons. The number of rotatable bonds is 7. The largest absolute Gasteiger partial charge is 0.483 e. The fraction of sp³-hybridized carbons (Fsp3) is 0.381. The molecule has 1 N–H and O–H groups in total. The zero-order chi connectivity index (χ0) is 22.7. The first-order valence-corrected chi connectivity index (χ1v) is 11.6. The van der Waals surface area contributed by atoms with E-state index < -0.39 is 10.0 Å². The predicted octanol–water partition coefficient (Wildman–Crippen LogP) is 1.19. The van der Waals surface area contributed by atoms with Gasteiger partial charge in [0.05, 0.1) is 25.2 Å². The molecule has 0 atom stereocenters. The first-order chi connectivity index (χ1) is 14.9. The Balaban J connectivity index is 0.00000107. The molecule has 9 nitrogen and oxygen atoms in total. The summed E-state index contributed by atoms with van der Waals surface area (Å²) in [7, 11) is -3.62. The molecule has 2 heterocycles. The summed E-state index contributed by atoms with van der Waals surface area (Å²) in [6, 6.07) is 13.0. The van der Waals surface area contributed by atoms with E-state index in [-0.39, 0.29) is 18.9 Å². The number of hydrogen-bond acceptors (Lipinski definition) is 6. The van der Waals surface area contributed by atoms with Crippen LogP contribution in [0.4, 0.5) is 5.69 Å². The number of benzene rings is 1. The predicted molar refractivity (Wildman–Crippen MR) is 116 cm³/mol. The minimum Gasteiger partial charge on any atom is -0.483 e. The number of nitrogens with zero attached hydrogens (tertiary/aromatic N) is 3. The van der Waals surface area contributed by atoms with Crippen molar-refractivity contribution in [1.29, 1.82) is 0 Å². The molecule has 1 aromatic carbocycles. The molecule has 0 radical (unpaired) electrons. The Labute approximate surface area is 182 Å². The van der Waals surface area contributed by atoms with Gasteiger partial charge in [-0.05, 0) is 36.6 Å². The van der Waals surface area contributed by atoms with Gasteiger partial charge in [0.1, 0.15) is 6.54 Å². The van der Waals surface area contributed by atoms with Crippen LogP contribution in [0.15, 0.2) is 48.7 Å². The van der Waals surface area contributed by atoms with Crippen LogP contribution in [-0.2, 0) is 37.2 Å². The van der Waals surface area contributed by atoms with E-state index in [4.69, 9.17) is 14.6 Å². The van der Waals surface area contributed by atoms with Gasteiger partial charge in [0.25, 0.3) is 6.47 Å². The number of hydrogen-bond donors (Lipinski definition) is 1.